The number of benzene rings is 2. The lowest BCUT2D eigenvalue weighted by molar-refractivity contribution is 0.0661. The summed E-state index contributed by atoms with van der Waals surface area (Å²) >= 11 is 0. The van der Waals surface area contributed by atoms with Crippen molar-refractivity contribution in [1.29, 1.82) is 0 Å². The third kappa shape index (κ3) is 5.30. The summed E-state index contributed by atoms with van der Waals surface area (Å²) in [4.78, 5) is 32.0. The Labute approximate surface area is 232 Å². The monoisotopic (exact) mass is 544 g/mol. The zero-order chi connectivity index (χ0) is 27.6. The van der Waals surface area contributed by atoms with E-state index in [1.54, 1.807) is 23.1 Å². The molecule has 0 unspecified atom stereocenters. The van der Waals surface area contributed by atoms with E-state index in [1.807, 2.05) is 26.1 Å². The number of fused-ring (bicyclic) bond motifs is 1. The van der Waals surface area contributed by atoms with E-state index in [-0.39, 0.29) is 23.1 Å². The highest BCUT2D eigenvalue weighted by Crippen LogP contribution is 2.34. The molecule has 2 aliphatic rings. The average molecular weight is 545 g/mol. The van der Waals surface area contributed by atoms with E-state index in [9.17, 15) is 4.79 Å². The van der Waals surface area contributed by atoms with E-state index >= 15 is 4.39 Å². The predicted molar refractivity (Wildman–Crippen MR) is 153 cm³/mol. The average Bonchev–Trinajstić information content (AvgIpc) is 3.37. The second-order valence-corrected chi connectivity index (χ2v) is 10.3. The molecule has 6 rings (SSSR count). The number of piperazine rings is 2. The number of halogens is 1. The van der Waals surface area contributed by atoms with Gasteiger partial charge in [-0.3, -0.25) is 4.79 Å². The van der Waals surface area contributed by atoms with E-state index < -0.39 is 5.82 Å². The van der Waals surface area contributed by atoms with E-state index in [1.165, 1.54) is 6.33 Å². The molecule has 3 N–H and O–H groups in total. The van der Waals surface area contributed by atoms with Gasteiger partial charge in [-0.15, -0.1) is 0 Å². The fraction of sp³-hybridized carbons (Fsp3) is 0.345. The molecule has 11 heteroatoms. The Morgan fingerprint density at radius 3 is 2.50 bits per heavy atom. The number of carbonyl (C=O) groups is 1. The van der Waals surface area contributed by atoms with Crippen molar-refractivity contribution in [2.24, 2.45) is 0 Å². The molecule has 2 aliphatic heterocycles. The Kier molecular flexibility index (Phi) is 7.23. The number of hydrogen-bond acceptors (Lipinski definition) is 8. The molecule has 2 aromatic carbocycles. The summed E-state index contributed by atoms with van der Waals surface area (Å²) in [6.45, 7) is 8.31. The van der Waals surface area contributed by atoms with Crippen LogP contribution < -0.4 is 20.3 Å². The van der Waals surface area contributed by atoms with Crippen LogP contribution in [0.25, 0.3) is 10.9 Å². The summed E-state index contributed by atoms with van der Waals surface area (Å²) in [6, 6.07) is 13.1. The molecule has 2 aromatic heterocycles. The third-order valence-electron chi connectivity index (χ3n) is 7.47. The minimum Gasteiger partial charge on any atom is -0.435 e. The van der Waals surface area contributed by atoms with Crippen LogP contribution in [0.1, 0.15) is 16.1 Å². The molecular formula is C29H33FN8O2. The van der Waals surface area contributed by atoms with Gasteiger partial charge in [-0.1, -0.05) is 0 Å². The molecule has 0 aliphatic carbocycles. The summed E-state index contributed by atoms with van der Waals surface area (Å²) in [5, 5.41) is 7.07. The number of anilines is 3. The molecule has 2 saturated heterocycles. The van der Waals surface area contributed by atoms with Crippen LogP contribution in [0.4, 0.5) is 21.6 Å². The second-order valence-electron chi connectivity index (χ2n) is 10.3. The molecule has 10 nitrogen and oxygen atoms in total. The zero-order valence-electron chi connectivity index (χ0n) is 22.7. The highest BCUT2D eigenvalue weighted by molar-refractivity contribution is 6.01. The number of amides is 1. The largest absolute Gasteiger partial charge is 0.435 e. The summed E-state index contributed by atoms with van der Waals surface area (Å²) in [7, 11) is 2.03. The molecule has 1 amide bonds. The molecule has 0 radical (unpaired) electrons. The maximum atomic E-state index is 15.4. The Balaban J connectivity index is 1.33. The third-order valence-corrected chi connectivity index (χ3v) is 7.47. The van der Waals surface area contributed by atoms with Gasteiger partial charge in [0.25, 0.3) is 5.91 Å². The number of aromatic nitrogens is 3. The topological polar surface area (TPSA) is 102 Å². The van der Waals surface area contributed by atoms with Gasteiger partial charge in [-0.25, -0.2) is 14.4 Å². The Hall–Kier alpha value is -4.22. The highest BCUT2D eigenvalue weighted by Gasteiger charge is 2.29. The lowest BCUT2D eigenvalue weighted by Gasteiger charge is -2.32. The van der Waals surface area contributed by atoms with Gasteiger partial charge in [-0.05, 0) is 56.4 Å². The molecule has 0 spiro atoms. The van der Waals surface area contributed by atoms with E-state index in [0.29, 0.717) is 29.8 Å². The molecule has 0 bridgehead atoms. The van der Waals surface area contributed by atoms with Crippen LogP contribution in [0.2, 0.25) is 0 Å². The first-order valence-electron chi connectivity index (χ1n) is 13.6. The molecular weight excluding hydrogens is 511 g/mol. The SMILES string of the molecule is Cc1cc2c(F)c(Oc3ncnc(Nc4ccc(N5CCNCC5)cc4)c3C(=O)N3CCN(C)CC3)ccc2[nH]1. The van der Waals surface area contributed by atoms with Gasteiger partial charge in [0.1, 0.15) is 11.9 Å². The van der Waals surface area contributed by atoms with Crippen molar-refractivity contribution in [2.45, 2.75) is 6.92 Å². The molecule has 4 aromatic rings. The maximum Gasteiger partial charge on any atom is 0.263 e. The smallest absolute Gasteiger partial charge is 0.263 e. The van der Waals surface area contributed by atoms with Gasteiger partial charge in [0.05, 0.1) is 0 Å². The summed E-state index contributed by atoms with van der Waals surface area (Å²) in [5.41, 5.74) is 3.59. The predicted octanol–water partition coefficient (Wildman–Crippen LogP) is 3.74. The number of rotatable bonds is 6. The Morgan fingerprint density at radius 1 is 1.00 bits per heavy atom. The van der Waals surface area contributed by atoms with Crippen molar-refractivity contribution in [1.82, 2.24) is 30.1 Å². The van der Waals surface area contributed by atoms with Crippen LogP contribution in [0, 0.1) is 12.7 Å². The number of nitrogens with zero attached hydrogens (tertiary/aromatic N) is 5. The van der Waals surface area contributed by atoms with Crippen molar-refractivity contribution < 1.29 is 13.9 Å². The highest BCUT2D eigenvalue weighted by atomic mass is 19.1. The minimum absolute atomic E-state index is 0.00405. The maximum absolute atomic E-state index is 15.4. The molecule has 4 heterocycles. The fourth-order valence-corrected chi connectivity index (χ4v) is 5.19. The molecule has 0 saturated carbocycles. The number of nitrogens with one attached hydrogen (secondary N) is 3. The van der Waals surface area contributed by atoms with Crippen molar-refractivity contribution in [3.63, 3.8) is 0 Å². The van der Waals surface area contributed by atoms with Crippen LogP contribution in [0.3, 0.4) is 0 Å². The van der Waals surface area contributed by atoms with Crippen LogP contribution in [-0.2, 0) is 0 Å². The number of ether oxygens (including phenoxy) is 1. The van der Waals surface area contributed by atoms with Crippen molar-refractivity contribution in [2.75, 3.05) is 69.6 Å². The number of H-pyrrole nitrogens is 1. The van der Waals surface area contributed by atoms with Crippen molar-refractivity contribution in [3.8, 4) is 11.6 Å². The molecule has 2 fully saturated rings. The second kappa shape index (κ2) is 11.1. The first-order chi connectivity index (χ1) is 19.5. The van der Waals surface area contributed by atoms with Crippen molar-refractivity contribution >= 4 is 34.0 Å². The van der Waals surface area contributed by atoms with Crippen LogP contribution >= 0.6 is 0 Å². The summed E-state index contributed by atoms with van der Waals surface area (Å²) < 4.78 is 21.4. The fourth-order valence-electron chi connectivity index (χ4n) is 5.19. The van der Waals surface area contributed by atoms with Crippen LogP contribution in [0.15, 0.2) is 48.8 Å². The standard InChI is InChI=1S/C29H33FN8O2/c1-19-17-22-23(34-19)7-8-24(26(22)30)40-28-25(29(39)38-15-13-36(2)14-16-38)27(32-18-33-28)35-20-3-5-21(6-4-20)37-11-9-31-10-12-37/h3-8,17-18,31,34H,9-16H2,1-2H3,(H,32,33,35). The van der Waals surface area contributed by atoms with Gasteiger partial charge in [0, 0.05) is 80.3 Å². The van der Waals surface area contributed by atoms with E-state index in [2.05, 4.69) is 47.5 Å². The van der Waals surface area contributed by atoms with Gasteiger partial charge >= 0.3 is 0 Å². The lowest BCUT2D eigenvalue weighted by Crippen LogP contribution is -2.47. The van der Waals surface area contributed by atoms with Gasteiger partial charge < -0.3 is 35.1 Å². The van der Waals surface area contributed by atoms with Crippen LogP contribution in [0.5, 0.6) is 11.6 Å². The van der Waals surface area contributed by atoms with Crippen molar-refractivity contribution in [3.05, 3.63) is 65.9 Å². The number of likely N-dealkylation sites (N-methyl/N-ethyl adjacent to an activating group) is 1. The summed E-state index contributed by atoms with van der Waals surface area (Å²) in [6.07, 6.45) is 1.32. The molecule has 0 atom stereocenters. The van der Waals surface area contributed by atoms with Crippen LogP contribution in [-0.4, -0.2) is 90.1 Å². The van der Waals surface area contributed by atoms with E-state index in [4.69, 9.17) is 4.74 Å². The number of hydrogen-bond donors (Lipinski definition) is 3. The first-order valence-corrected chi connectivity index (χ1v) is 13.6. The quantitative estimate of drug-likeness (QED) is 0.338. The first kappa shape index (κ1) is 26.0. The summed E-state index contributed by atoms with van der Waals surface area (Å²) in [5.74, 6) is -0.477. The number of carbonyl (C=O) groups excluding carboxylic acids is 1. The van der Waals surface area contributed by atoms with Gasteiger partial charge in [-0.2, -0.15) is 0 Å². The molecule has 40 heavy (non-hydrogen) atoms. The van der Waals surface area contributed by atoms with Gasteiger partial charge in [0.2, 0.25) is 5.88 Å². The Bertz CT molecular complexity index is 1510. The zero-order valence-corrected chi connectivity index (χ0v) is 22.7. The number of aryl methyl sites for hydroxylation is 1. The lowest BCUT2D eigenvalue weighted by atomic mass is 10.2. The minimum atomic E-state index is -0.517. The number of aromatic amines is 1. The normalized spacial score (nSPS) is 16.4. The van der Waals surface area contributed by atoms with E-state index in [0.717, 1.165) is 56.3 Å². The molecule has 208 valence electrons. The van der Waals surface area contributed by atoms with Gasteiger partial charge in [0.15, 0.2) is 17.4 Å². The Morgan fingerprint density at radius 2 is 1.75 bits per heavy atom.